The summed E-state index contributed by atoms with van der Waals surface area (Å²) >= 11 is 3.30. The minimum absolute atomic E-state index is 0.151. The molecule has 0 unspecified atom stereocenters. The molecule has 0 atom stereocenters. The summed E-state index contributed by atoms with van der Waals surface area (Å²) < 4.78 is 14.5. The van der Waals surface area contributed by atoms with E-state index in [-0.39, 0.29) is 17.0 Å². The third-order valence-electron chi connectivity index (χ3n) is 3.08. The first kappa shape index (κ1) is 12.8. The molecular formula is C14H7BrFN3O. The zero-order valence-electron chi connectivity index (χ0n) is 10.1. The second-order valence-electron chi connectivity index (χ2n) is 4.27. The Morgan fingerprint density at radius 1 is 1.40 bits per heavy atom. The van der Waals surface area contributed by atoms with Crippen molar-refractivity contribution in [1.82, 2.24) is 10.3 Å². The Bertz CT molecular complexity index is 783. The lowest BCUT2D eigenvalue weighted by Gasteiger charge is -2.08. The Morgan fingerprint density at radius 2 is 2.20 bits per heavy atom. The summed E-state index contributed by atoms with van der Waals surface area (Å²) in [4.78, 5) is 15.9. The van der Waals surface area contributed by atoms with Crippen molar-refractivity contribution in [3.8, 4) is 17.3 Å². The molecule has 0 radical (unpaired) electrons. The highest BCUT2D eigenvalue weighted by Gasteiger charge is 2.25. The van der Waals surface area contributed by atoms with Gasteiger partial charge in [-0.05, 0) is 34.1 Å². The number of carbonyl (C=O) groups is 1. The average molecular weight is 332 g/mol. The monoisotopic (exact) mass is 331 g/mol. The quantitative estimate of drug-likeness (QED) is 0.873. The smallest absolute Gasteiger partial charge is 0.254 e. The molecule has 20 heavy (non-hydrogen) atoms. The van der Waals surface area contributed by atoms with E-state index in [1.807, 2.05) is 6.07 Å². The van der Waals surface area contributed by atoms with E-state index in [1.165, 1.54) is 18.2 Å². The van der Waals surface area contributed by atoms with E-state index < -0.39 is 5.82 Å². The van der Waals surface area contributed by atoms with Crippen LogP contribution in [0.2, 0.25) is 0 Å². The Morgan fingerprint density at radius 3 is 2.95 bits per heavy atom. The highest BCUT2D eigenvalue weighted by molar-refractivity contribution is 9.10. The molecule has 6 heteroatoms. The molecule has 1 N–H and O–H groups in total. The van der Waals surface area contributed by atoms with Crippen LogP contribution < -0.4 is 5.32 Å². The minimum Gasteiger partial charge on any atom is -0.346 e. The molecule has 0 spiro atoms. The second kappa shape index (κ2) is 4.69. The van der Waals surface area contributed by atoms with Crippen LogP contribution in [-0.2, 0) is 6.54 Å². The average Bonchev–Trinajstić information content (AvgIpc) is 2.80. The summed E-state index contributed by atoms with van der Waals surface area (Å²) in [5.74, 6) is -0.722. The minimum atomic E-state index is -0.513. The van der Waals surface area contributed by atoms with Crippen molar-refractivity contribution in [3.05, 3.63) is 51.4 Å². The molecule has 1 aliphatic heterocycles. The third-order valence-corrected chi connectivity index (χ3v) is 3.71. The van der Waals surface area contributed by atoms with Crippen LogP contribution in [0.4, 0.5) is 4.39 Å². The summed E-state index contributed by atoms with van der Waals surface area (Å²) in [7, 11) is 0. The fourth-order valence-electron chi connectivity index (χ4n) is 2.19. The normalized spacial score (nSPS) is 12.8. The molecule has 2 aromatic rings. The number of carbonyl (C=O) groups excluding carboxylic acids is 1. The highest BCUT2D eigenvalue weighted by atomic mass is 79.9. The number of nitriles is 1. The molecule has 2 heterocycles. The summed E-state index contributed by atoms with van der Waals surface area (Å²) in [6, 6.07) is 7.80. The number of hydrogen-bond acceptors (Lipinski definition) is 3. The number of amides is 1. The lowest BCUT2D eigenvalue weighted by molar-refractivity contribution is 0.0965. The van der Waals surface area contributed by atoms with Crippen molar-refractivity contribution in [2.75, 3.05) is 0 Å². The first-order valence-electron chi connectivity index (χ1n) is 5.78. The summed E-state index contributed by atoms with van der Waals surface area (Å²) in [6.07, 6.45) is 0. The molecule has 1 aliphatic rings. The highest BCUT2D eigenvalue weighted by Crippen LogP contribution is 2.31. The maximum Gasteiger partial charge on any atom is 0.254 e. The Hall–Kier alpha value is -2.26. The number of fused-ring (bicyclic) bond motifs is 1. The van der Waals surface area contributed by atoms with Crippen LogP contribution in [0.1, 0.15) is 21.6 Å². The molecule has 1 aromatic heterocycles. The summed E-state index contributed by atoms with van der Waals surface area (Å²) in [5, 5.41) is 11.7. The maximum atomic E-state index is 14.0. The van der Waals surface area contributed by atoms with Crippen LogP contribution in [-0.4, -0.2) is 10.9 Å². The van der Waals surface area contributed by atoms with Gasteiger partial charge >= 0.3 is 0 Å². The van der Waals surface area contributed by atoms with E-state index in [4.69, 9.17) is 5.26 Å². The number of hydrogen-bond donors (Lipinski definition) is 1. The van der Waals surface area contributed by atoms with Crippen molar-refractivity contribution in [3.63, 3.8) is 0 Å². The van der Waals surface area contributed by atoms with Crippen LogP contribution in [0.3, 0.4) is 0 Å². The molecule has 0 saturated carbocycles. The largest absolute Gasteiger partial charge is 0.346 e. The SMILES string of the molecule is N#Cc1cccc(F)c1-c1cc(Br)c2c(n1)CNC2=O. The van der Waals surface area contributed by atoms with E-state index in [9.17, 15) is 9.18 Å². The van der Waals surface area contributed by atoms with Gasteiger partial charge < -0.3 is 5.32 Å². The molecule has 3 rings (SSSR count). The van der Waals surface area contributed by atoms with Crippen molar-refractivity contribution in [1.29, 1.82) is 5.26 Å². The lowest BCUT2D eigenvalue weighted by atomic mass is 10.0. The number of nitrogens with zero attached hydrogens (tertiary/aromatic N) is 2. The van der Waals surface area contributed by atoms with Gasteiger partial charge in [0.25, 0.3) is 5.91 Å². The number of benzene rings is 1. The number of nitrogens with one attached hydrogen (secondary N) is 1. The Labute approximate surface area is 122 Å². The van der Waals surface area contributed by atoms with Crippen LogP contribution in [0.15, 0.2) is 28.7 Å². The van der Waals surface area contributed by atoms with Gasteiger partial charge in [-0.2, -0.15) is 5.26 Å². The Kier molecular flexibility index (Phi) is 2.99. The summed E-state index contributed by atoms with van der Waals surface area (Å²) in [5.41, 5.74) is 1.70. The third kappa shape index (κ3) is 1.87. The van der Waals surface area contributed by atoms with Crippen LogP contribution >= 0.6 is 15.9 Å². The first-order chi connectivity index (χ1) is 9.61. The van der Waals surface area contributed by atoms with Crippen LogP contribution in [0.25, 0.3) is 11.3 Å². The van der Waals surface area contributed by atoms with Crippen molar-refractivity contribution < 1.29 is 9.18 Å². The van der Waals surface area contributed by atoms with Gasteiger partial charge in [-0.1, -0.05) is 6.07 Å². The number of pyridine rings is 1. The zero-order valence-corrected chi connectivity index (χ0v) is 11.7. The van der Waals surface area contributed by atoms with Gasteiger partial charge in [-0.15, -0.1) is 0 Å². The van der Waals surface area contributed by atoms with Gasteiger partial charge in [-0.25, -0.2) is 9.37 Å². The molecule has 1 aromatic carbocycles. The molecule has 0 aliphatic carbocycles. The number of rotatable bonds is 1. The van der Waals surface area contributed by atoms with Crippen molar-refractivity contribution in [2.45, 2.75) is 6.54 Å². The zero-order chi connectivity index (χ0) is 14.3. The van der Waals surface area contributed by atoms with E-state index >= 15 is 0 Å². The molecule has 0 saturated heterocycles. The summed E-state index contributed by atoms with van der Waals surface area (Å²) in [6.45, 7) is 0.303. The van der Waals surface area contributed by atoms with E-state index in [0.717, 1.165) is 0 Å². The lowest BCUT2D eigenvalue weighted by Crippen LogP contribution is -2.12. The predicted octanol–water partition coefficient (Wildman–Crippen LogP) is 2.77. The number of aromatic nitrogens is 1. The van der Waals surface area contributed by atoms with Gasteiger partial charge in [0.05, 0.1) is 40.7 Å². The molecule has 4 nitrogen and oxygen atoms in total. The second-order valence-corrected chi connectivity index (χ2v) is 5.12. The molecule has 0 fully saturated rings. The van der Waals surface area contributed by atoms with Gasteiger partial charge in [0.2, 0.25) is 0 Å². The van der Waals surface area contributed by atoms with Crippen LogP contribution in [0.5, 0.6) is 0 Å². The molecule has 98 valence electrons. The molecule has 1 amide bonds. The van der Waals surface area contributed by atoms with Crippen molar-refractivity contribution >= 4 is 21.8 Å². The van der Waals surface area contributed by atoms with Crippen LogP contribution in [0, 0.1) is 17.1 Å². The van der Waals surface area contributed by atoms with Gasteiger partial charge in [0, 0.05) is 4.47 Å². The topological polar surface area (TPSA) is 65.8 Å². The van der Waals surface area contributed by atoms with Gasteiger partial charge in [-0.3, -0.25) is 4.79 Å². The van der Waals surface area contributed by atoms with E-state index in [1.54, 1.807) is 6.07 Å². The fourth-order valence-corrected chi connectivity index (χ4v) is 2.81. The number of halogens is 2. The fraction of sp³-hybridized carbons (Fsp3) is 0.0714. The molecule has 0 bridgehead atoms. The van der Waals surface area contributed by atoms with E-state index in [0.29, 0.717) is 28.0 Å². The molecular weight excluding hydrogens is 325 g/mol. The maximum absolute atomic E-state index is 14.0. The Balaban J connectivity index is 2.26. The first-order valence-corrected chi connectivity index (χ1v) is 6.57. The van der Waals surface area contributed by atoms with Gasteiger partial charge in [0.15, 0.2) is 0 Å². The van der Waals surface area contributed by atoms with Crippen molar-refractivity contribution in [2.24, 2.45) is 0 Å². The predicted molar refractivity (Wildman–Crippen MR) is 73.2 cm³/mol. The van der Waals surface area contributed by atoms with Gasteiger partial charge in [0.1, 0.15) is 5.82 Å². The standard InChI is InChI=1S/C14H7BrFN3O/c15-8-4-10(19-11-6-18-14(20)13(8)11)12-7(5-17)2-1-3-9(12)16/h1-4H,6H2,(H,18,20). The van der Waals surface area contributed by atoms with E-state index in [2.05, 4.69) is 26.2 Å².